The monoisotopic (exact) mass is 183 g/mol. The van der Waals surface area contributed by atoms with Gasteiger partial charge in [0.05, 0.1) is 0 Å². The number of thiophene rings is 1. The van der Waals surface area contributed by atoms with Crippen LogP contribution in [0.5, 0.6) is 0 Å². The molecule has 2 heteroatoms. The molecule has 1 unspecified atom stereocenters. The molecule has 1 aromatic rings. The Morgan fingerprint density at radius 3 is 2.67 bits per heavy atom. The van der Waals surface area contributed by atoms with Crippen LogP contribution in [0.3, 0.4) is 0 Å². The molecule has 2 N–H and O–H groups in total. The summed E-state index contributed by atoms with van der Waals surface area (Å²) in [5.41, 5.74) is 5.98. The SMILES string of the molecule is CCCC(N)c1ccc(CC)s1. The van der Waals surface area contributed by atoms with Gasteiger partial charge >= 0.3 is 0 Å². The lowest BCUT2D eigenvalue weighted by Crippen LogP contribution is -2.07. The van der Waals surface area contributed by atoms with Crippen LogP contribution in [-0.2, 0) is 6.42 Å². The van der Waals surface area contributed by atoms with Crippen molar-refractivity contribution in [2.24, 2.45) is 5.73 Å². The molecule has 0 aliphatic rings. The Hall–Kier alpha value is -0.340. The molecule has 0 aliphatic heterocycles. The predicted molar refractivity (Wildman–Crippen MR) is 55.5 cm³/mol. The van der Waals surface area contributed by atoms with Crippen molar-refractivity contribution in [3.05, 3.63) is 21.9 Å². The van der Waals surface area contributed by atoms with Crippen LogP contribution in [0.2, 0.25) is 0 Å². The van der Waals surface area contributed by atoms with Crippen molar-refractivity contribution in [2.75, 3.05) is 0 Å². The maximum Gasteiger partial charge on any atom is 0.0389 e. The van der Waals surface area contributed by atoms with Gasteiger partial charge in [0.15, 0.2) is 0 Å². The third-order valence-electron chi connectivity index (χ3n) is 2.00. The zero-order valence-electron chi connectivity index (χ0n) is 7.84. The van der Waals surface area contributed by atoms with Gasteiger partial charge in [-0.05, 0) is 25.0 Å². The second-order valence-electron chi connectivity index (χ2n) is 3.05. The molecule has 0 saturated heterocycles. The van der Waals surface area contributed by atoms with Crippen molar-refractivity contribution < 1.29 is 0 Å². The van der Waals surface area contributed by atoms with Crippen LogP contribution in [0.15, 0.2) is 12.1 Å². The van der Waals surface area contributed by atoms with Gasteiger partial charge < -0.3 is 5.73 Å². The predicted octanol–water partition coefficient (Wildman–Crippen LogP) is 3.11. The highest BCUT2D eigenvalue weighted by atomic mass is 32.1. The molecule has 0 radical (unpaired) electrons. The molecule has 0 spiro atoms. The van der Waals surface area contributed by atoms with Crippen molar-refractivity contribution in [2.45, 2.75) is 39.2 Å². The first-order valence-electron chi connectivity index (χ1n) is 4.62. The van der Waals surface area contributed by atoms with Gasteiger partial charge in [-0.15, -0.1) is 11.3 Å². The van der Waals surface area contributed by atoms with Crippen LogP contribution < -0.4 is 5.73 Å². The standard InChI is InChI=1S/C10H17NS/c1-3-5-9(11)10-7-6-8(4-2)12-10/h6-7,9H,3-5,11H2,1-2H3. The normalized spacial score (nSPS) is 13.2. The van der Waals surface area contributed by atoms with Crippen LogP contribution >= 0.6 is 11.3 Å². The highest BCUT2D eigenvalue weighted by Crippen LogP contribution is 2.24. The third kappa shape index (κ3) is 2.32. The molecule has 0 saturated carbocycles. The molecule has 1 aromatic heterocycles. The average Bonchev–Trinajstić information content (AvgIpc) is 2.52. The molecule has 0 aromatic carbocycles. The van der Waals surface area contributed by atoms with Gasteiger partial charge in [-0.3, -0.25) is 0 Å². The fourth-order valence-electron chi connectivity index (χ4n) is 1.24. The molecule has 1 nitrogen and oxygen atoms in total. The summed E-state index contributed by atoms with van der Waals surface area (Å²) < 4.78 is 0. The Kier molecular flexibility index (Phi) is 3.76. The molecule has 12 heavy (non-hydrogen) atoms. The van der Waals surface area contributed by atoms with Gasteiger partial charge in [0.1, 0.15) is 0 Å². The molecule has 1 atom stereocenters. The minimum atomic E-state index is 0.264. The summed E-state index contributed by atoms with van der Waals surface area (Å²) in [5.74, 6) is 0. The molecular weight excluding hydrogens is 166 g/mol. The van der Waals surface area contributed by atoms with E-state index in [1.54, 1.807) is 0 Å². The van der Waals surface area contributed by atoms with E-state index in [2.05, 4.69) is 26.0 Å². The largest absolute Gasteiger partial charge is 0.323 e. The lowest BCUT2D eigenvalue weighted by molar-refractivity contribution is 0.648. The van der Waals surface area contributed by atoms with E-state index in [0.717, 1.165) is 12.8 Å². The Balaban J connectivity index is 2.61. The van der Waals surface area contributed by atoms with E-state index in [4.69, 9.17) is 5.73 Å². The smallest absolute Gasteiger partial charge is 0.0389 e. The molecule has 68 valence electrons. The van der Waals surface area contributed by atoms with E-state index in [1.165, 1.54) is 16.2 Å². The number of rotatable bonds is 4. The summed E-state index contributed by atoms with van der Waals surface area (Å²) >= 11 is 1.86. The van der Waals surface area contributed by atoms with E-state index < -0.39 is 0 Å². The van der Waals surface area contributed by atoms with E-state index in [9.17, 15) is 0 Å². The summed E-state index contributed by atoms with van der Waals surface area (Å²) in [6.45, 7) is 4.36. The van der Waals surface area contributed by atoms with Gasteiger partial charge in [-0.1, -0.05) is 20.3 Å². The van der Waals surface area contributed by atoms with Crippen LogP contribution in [-0.4, -0.2) is 0 Å². The quantitative estimate of drug-likeness (QED) is 0.762. The Bertz CT molecular complexity index is 229. The molecule has 0 aliphatic carbocycles. The third-order valence-corrected chi connectivity index (χ3v) is 3.36. The van der Waals surface area contributed by atoms with Crippen molar-refractivity contribution in [3.8, 4) is 0 Å². The van der Waals surface area contributed by atoms with Crippen molar-refractivity contribution in [1.82, 2.24) is 0 Å². The molecule has 1 heterocycles. The maximum atomic E-state index is 5.98. The van der Waals surface area contributed by atoms with Crippen LogP contribution in [0.1, 0.15) is 42.5 Å². The fourth-order valence-corrected chi connectivity index (χ4v) is 2.23. The van der Waals surface area contributed by atoms with Gasteiger partial charge in [-0.2, -0.15) is 0 Å². The summed E-state index contributed by atoms with van der Waals surface area (Å²) in [5, 5.41) is 0. The maximum absolute atomic E-state index is 5.98. The van der Waals surface area contributed by atoms with Crippen molar-refractivity contribution in [1.29, 1.82) is 0 Å². The lowest BCUT2D eigenvalue weighted by Gasteiger charge is -2.06. The number of hydrogen-bond acceptors (Lipinski definition) is 2. The summed E-state index contributed by atoms with van der Waals surface area (Å²) in [4.78, 5) is 2.78. The van der Waals surface area contributed by atoms with Gasteiger partial charge in [0.25, 0.3) is 0 Å². The topological polar surface area (TPSA) is 26.0 Å². The molecule has 0 fully saturated rings. The minimum absolute atomic E-state index is 0.264. The van der Waals surface area contributed by atoms with Crippen molar-refractivity contribution >= 4 is 11.3 Å². The molecule has 1 rings (SSSR count). The Morgan fingerprint density at radius 2 is 2.17 bits per heavy atom. The van der Waals surface area contributed by atoms with Crippen molar-refractivity contribution in [3.63, 3.8) is 0 Å². The second kappa shape index (κ2) is 4.63. The Morgan fingerprint density at radius 1 is 1.42 bits per heavy atom. The van der Waals surface area contributed by atoms with Crippen LogP contribution in [0, 0.1) is 0 Å². The summed E-state index contributed by atoms with van der Waals surface area (Å²) in [6, 6.07) is 4.62. The zero-order chi connectivity index (χ0) is 8.97. The summed E-state index contributed by atoms with van der Waals surface area (Å²) in [6.07, 6.45) is 3.40. The van der Waals surface area contributed by atoms with E-state index >= 15 is 0 Å². The zero-order valence-corrected chi connectivity index (χ0v) is 8.66. The number of hydrogen-bond donors (Lipinski definition) is 1. The van der Waals surface area contributed by atoms with Crippen LogP contribution in [0.25, 0.3) is 0 Å². The number of aryl methyl sites for hydroxylation is 1. The molecule has 0 amide bonds. The van der Waals surface area contributed by atoms with E-state index in [-0.39, 0.29) is 6.04 Å². The first kappa shape index (κ1) is 9.75. The number of nitrogens with two attached hydrogens (primary N) is 1. The lowest BCUT2D eigenvalue weighted by atomic mass is 10.1. The minimum Gasteiger partial charge on any atom is -0.323 e. The van der Waals surface area contributed by atoms with E-state index in [0.29, 0.717) is 0 Å². The van der Waals surface area contributed by atoms with Gasteiger partial charge in [-0.25, -0.2) is 0 Å². The van der Waals surface area contributed by atoms with E-state index in [1.807, 2.05) is 11.3 Å². The highest BCUT2D eigenvalue weighted by Gasteiger charge is 2.06. The molecular formula is C10H17NS. The first-order chi connectivity index (χ1) is 5.77. The highest BCUT2D eigenvalue weighted by molar-refractivity contribution is 7.12. The first-order valence-corrected chi connectivity index (χ1v) is 5.43. The van der Waals surface area contributed by atoms with Gasteiger partial charge in [0, 0.05) is 15.8 Å². The van der Waals surface area contributed by atoms with Gasteiger partial charge in [0.2, 0.25) is 0 Å². The average molecular weight is 183 g/mol. The molecule has 0 bridgehead atoms. The second-order valence-corrected chi connectivity index (χ2v) is 4.25. The summed E-state index contributed by atoms with van der Waals surface area (Å²) in [7, 11) is 0. The van der Waals surface area contributed by atoms with Crippen LogP contribution in [0.4, 0.5) is 0 Å². The Labute approximate surface area is 78.6 Å². The fraction of sp³-hybridized carbons (Fsp3) is 0.600.